The predicted molar refractivity (Wildman–Crippen MR) is 72.9 cm³/mol. The van der Waals surface area contributed by atoms with Crippen LogP contribution < -0.4 is 11.1 Å². The monoisotopic (exact) mass is 286 g/mol. The van der Waals surface area contributed by atoms with Crippen molar-refractivity contribution in [3.8, 4) is 0 Å². The third kappa shape index (κ3) is 4.30. The second-order valence-electron chi connectivity index (χ2n) is 4.36. The standard InChI is InChI=1S/C12H18N2O4S/c1-2-11(15)14-12(9-13)7-4-3-5-10(12)6-8-19(16,17)18/h2-5,7,10H,1,6,8-9,13H2,(H,14,15)(H,16,17,18). The van der Waals surface area contributed by atoms with Gasteiger partial charge >= 0.3 is 0 Å². The van der Waals surface area contributed by atoms with E-state index >= 15 is 0 Å². The molecule has 1 aliphatic carbocycles. The van der Waals surface area contributed by atoms with Crippen molar-refractivity contribution in [2.75, 3.05) is 12.3 Å². The highest BCUT2D eigenvalue weighted by Gasteiger charge is 2.36. The van der Waals surface area contributed by atoms with E-state index in [-0.39, 0.29) is 30.5 Å². The quantitative estimate of drug-likeness (QED) is 0.470. The third-order valence-electron chi connectivity index (χ3n) is 3.08. The molecule has 1 aliphatic rings. The Labute approximate surface area is 112 Å². The molecule has 1 amide bonds. The Morgan fingerprint density at radius 2 is 2.21 bits per heavy atom. The fourth-order valence-corrected chi connectivity index (χ4v) is 2.59. The number of hydrogen-bond acceptors (Lipinski definition) is 4. The Balaban J connectivity index is 2.91. The fraction of sp³-hybridized carbons (Fsp3) is 0.417. The molecule has 0 radical (unpaired) electrons. The first-order valence-electron chi connectivity index (χ1n) is 5.79. The molecule has 0 spiro atoms. The molecule has 2 atom stereocenters. The summed E-state index contributed by atoms with van der Waals surface area (Å²) in [5, 5.41) is 2.72. The van der Waals surface area contributed by atoms with Crippen LogP contribution in [0.1, 0.15) is 6.42 Å². The second kappa shape index (κ2) is 6.14. The molecule has 19 heavy (non-hydrogen) atoms. The number of nitrogens with two attached hydrogens (primary N) is 1. The fourth-order valence-electron chi connectivity index (χ4n) is 2.04. The zero-order valence-electron chi connectivity index (χ0n) is 10.5. The molecule has 4 N–H and O–H groups in total. The van der Waals surface area contributed by atoms with Gasteiger partial charge in [-0.05, 0) is 12.5 Å². The highest BCUT2D eigenvalue weighted by Crippen LogP contribution is 2.27. The largest absolute Gasteiger partial charge is 0.342 e. The van der Waals surface area contributed by atoms with Crippen LogP contribution in [0.15, 0.2) is 37.0 Å². The van der Waals surface area contributed by atoms with Gasteiger partial charge in [0.05, 0.1) is 11.3 Å². The maximum absolute atomic E-state index is 11.5. The van der Waals surface area contributed by atoms with Gasteiger partial charge < -0.3 is 11.1 Å². The lowest BCUT2D eigenvalue weighted by atomic mass is 9.79. The summed E-state index contributed by atoms with van der Waals surface area (Å²) < 4.78 is 30.5. The first kappa shape index (κ1) is 15.6. The van der Waals surface area contributed by atoms with Crippen molar-refractivity contribution < 1.29 is 17.8 Å². The number of hydrogen-bond donors (Lipinski definition) is 3. The second-order valence-corrected chi connectivity index (χ2v) is 5.94. The van der Waals surface area contributed by atoms with Crippen LogP contribution in [0.4, 0.5) is 0 Å². The third-order valence-corrected chi connectivity index (χ3v) is 3.83. The van der Waals surface area contributed by atoms with Crippen molar-refractivity contribution in [2.24, 2.45) is 11.7 Å². The Kier molecular flexibility index (Phi) is 5.04. The Morgan fingerprint density at radius 1 is 1.53 bits per heavy atom. The SMILES string of the molecule is C=CC(=O)NC1(CN)C=CC=CC1CCS(=O)(=O)O. The summed E-state index contributed by atoms with van der Waals surface area (Å²) >= 11 is 0. The molecule has 0 saturated carbocycles. The van der Waals surface area contributed by atoms with Gasteiger partial charge in [0, 0.05) is 12.5 Å². The van der Waals surface area contributed by atoms with Gasteiger partial charge in [0.2, 0.25) is 5.91 Å². The Hall–Kier alpha value is -1.44. The van der Waals surface area contributed by atoms with E-state index in [4.69, 9.17) is 10.3 Å². The van der Waals surface area contributed by atoms with E-state index in [9.17, 15) is 13.2 Å². The molecule has 0 fully saturated rings. The molecule has 2 unspecified atom stereocenters. The molecular weight excluding hydrogens is 268 g/mol. The Morgan fingerprint density at radius 3 is 2.74 bits per heavy atom. The lowest BCUT2D eigenvalue weighted by Crippen LogP contribution is -2.57. The van der Waals surface area contributed by atoms with Crippen LogP contribution in [0, 0.1) is 5.92 Å². The summed E-state index contributed by atoms with van der Waals surface area (Å²) in [7, 11) is -4.05. The van der Waals surface area contributed by atoms with Gasteiger partial charge in [0.1, 0.15) is 0 Å². The molecule has 0 heterocycles. The van der Waals surface area contributed by atoms with Gasteiger partial charge in [-0.3, -0.25) is 9.35 Å². The summed E-state index contributed by atoms with van der Waals surface area (Å²) in [6.45, 7) is 3.49. The first-order valence-corrected chi connectivity index (χ1v) is 7.40. The molecule has 0 aromatic carbocycles. The minimum Gasteiger partial charge on any atom is -0.342 e. The summed E-state index contributed by atoms with van der Waals surface area (Å²) in [4.78, 5) is 11.5. The minimum atomic E-state index is -4.05. The van der Waals surface area contributed by atoms with Crippen molar-refractivity contribution >= 4 is 16.0 Å². The summed E-state index contributed by atoms with van der Waals surface area (Å²) in [6, 6.07) is 0. The Bertz CT molecular complexity index is 510. The van der Waals surface area contributed by atoms with E-state index in [0.717, 1.165) is 6.08 Å². The van der Waals surface area contributed by atoms with E-state index in [1.165, 1.54) is 0 Å². The van der Waals surface area contributed by atoms with Crippen LogP contribution in [0.5, 0.6) is 0 Å². The number of carbonyl (C=O) groups is 1. The zero-order chi connectivity index (χ0) is 14.5. The van der Waals surface area contributed by atoms with E-state index in [1.807, 2.05) is 0 Å². The zero-order valence-corrected chi connectivity index (χ0v) is 11.3. The normalized spacial score (nSPS) is 26.1. The number of allylic oxidation sites excluding steroid dienone is 2. The summed E-state index contributed by atoms with van der Waals surface area (Å²) in [5.74, 6) is -1.09. The maximum atomic E-state index is 11.5. The van der Waals surface area contributed by atoms with Crippen molar-refractivity contribution in [1.29, 1.82) is 0 Å². The molecule has 7 heteroatoms. The van der Waals surface area contributed by atoms with Gasteiger partial charge in [-0.25, -0.2) is 0 Å². The lowest BCUT2D eigenvalue weighted by Gasteiger charge is -2.38. The van der Waals surface area contributed by atoms with E-state index in [0.29, 0.717) is 0 Å². The van der Waals surface area contributed by atoms with E-state index in [1.54, 1.807) is 24.3 Å². The topological polar surface area (TPSA) is 109 Å². The first-order chi connectivity index (χ1) is 8.83. The van der Waals surface area contributed by atoms with Gasteiger partial charge in [-0.2, -0.15) is 8.42 Å². The molecule has 106 valence electrons. The van der Waals surface area contributed by atoms with Crippen LogP contribution in [0.25, 0.3) is 0 Å². The molecule has 0 aromatic rings. The van der Waals surface area contributed by atoms with Crippen LogP contribution in [0.2, 0.25) is 0 Å². The van der Waals surface area contributed by atoms with Crippen LogP contribution in [-0.2, 0) is 14.9 Å². The highest BCUT2D eigenvalue weighted by atomic mass is 32.2. The van der Waals surface area contributed by atoms with Crippen LogP contribution >= 0.6 is 0 Å². The van der Waals surface area contributed by atoms with Gasteiger partial charge in [0.25, 0.3) is 10.1 Å². The van der Waals surface area contributed by atoms with Crippen molar-refractivity contribution in [1.82, 2.24) is 5.32 Å². The summed E-state index contributed by atoms with van der Waals surface area (Å²) in [5.41, 5.74) is 4.87. The van der Waals surface area contributed by atoms with E-state index in [2.05, 4.69) is 11.9 Å². The van der Waals surface area contributed by atoms with Crippen molar-refractivity contribution in [2.45, 2.75) is 12.0 Å². The number of carbonyl (C=O) groups excluding carboxylic acids is 1. The van der Waals surface area contributed by atoms with Gasteiger partial charge in [0.15, 0.2) is 0 Å². The average molecular weight is 286 g/mol. The highest BCUT2D eigenvalue weighted by molar-refractivity contribution is 7.85. The minimum absolute atomic E-state index is 0.115. The molecule has 0 bridgehead atoms. The van der Waals surface area contributed by atoms with Gasteiger partial charge in [-0.1, -0.05) is 30.9 Å². The van der Waals surface area contributed by atoms with Crippen molar-refractivity contribution in [3.05, 3.63) is 37.0 Å². The smallest absolute Gasteiger partial charge is 0.264 e. The molecule has 0 saturated heterocycles. The number of nitrogens with one attached hydrogen (secondary N) is 1. The van der Waals surface area contributed by atoms with Crippen LogP contribution in [0.3, 0.4) is 0 Å². The predicted octanol–water partition coefficient (Wildman–Crippen LogP) is 0.00620. The molecule has 1 rings (SSSR count). The molecule has 0 aliphatic heterocycles. The van der Waals surface area contributed by atoms with E-state index < -0.39 is 15.7 Å². The number of rotatable bonds is 6. The molecule has 0 aromatic heterocycles. The van der Waals surface area contributed by atoms with Crippen LogP contribution in [-0.4, -0.2) is 36.7 Å². The molecular formula is C12H18N2O4S. The lowest BCUT2D eigenvalue weighted by molar-refractivity contribution is -0.118. The summed E-state index contributed by atoms with van der Waals surface area (Å²) in [6.07, 6.45) is 8.27. The van der Waals surface area contributed by atoms with Gasteiger partial charge in [-0.15, -0.1) is 0 Å². The maximum Gasteiger partial charge on any atom is 0.264 e. The van der Waals surface area contributed by atoms with Crippen molar-refractivity contribution in [3.63, 3.8) is 0 Å². The number of amides is 1. The average Bonchev–Trinajstić information content (AvgIpc) is 2.36. The molecule has 6 nitrogen and oxygen atoms in total.